The molecule has 2 aromatic rings. The molecule has 1 unspecified atom stereocenters. The maximum Gasteiger partial charge on any atom is 0.407 e. The van der Waals surface area contributed by atoms with Gasteiger partial charge in [0.05, 0.1) is 29.0 Å². The van der Waals surface area contributed by atoms with Gasteiger partial charge in [-0.15, -0.1) is 0 Å². The molecular weight excluding hydrogens is 412 g/mol. The minimum Gasteiger partial charge on any atom is -0.465 e. The number of carbonyl (C=O) groups excluding carboxylic acids is 1. The van der Waals surface area contributed by atoms with Crippen LogP contribution in [-0.4, -0.2) is 46.1 Å². The van der Waals surface area contributed by atoms with E-state index in [1.807, 2.05) is 32.0 Å². The summed E-state index contributed by atoms with van der Waals surface area (Å²) in [7, 11) is 0. The highest BCUT2D eigenvalue weighted by atomic mass is 79.9. The van der Waals surface area contributed by atoms with Crippen LogP contribution >= 0.6 is 15.9 Å². The third kappa shape index (κ3) is 4.50. The molecule has 1 aliphatic heterocycles. The summed E-state index contributed by atoms with van der Waals surface area (Å²) >= 11 is 3.45. The first-order chi connectivity index (χ1) is 12.8. The van der Waals surface area contributed by atoms with E-state index in [1.54, 1.807) is 6.20 Å². The summed E-state index contributed by atoms with van der Waals surface area (Å²) in [5.41, 5.74) is 2.25. The molecule has 0 spiro atoms. The summed E-state index contributed by atoms with van der Waals surface area (Å²) in [4.78, 5) is 29.7. The van der Waals surface area contributed by atoms with Gasteiger partial charge in [-0.2, -0.15) is 0 Å². The van der Waals surface area contributed by atoms with Crippen LogP contribution in [0.3, 0.4) is 0 Å². The zero-order valence-corrected chi connectivity index (χ0v) is 16.9. The van der Waals surface area contributed by atoms with Crippen LogP contribution in [0.4, 0.5) is 16.2 Å². The molecule has 0 aliphatic carbocycles. The van der Waals surface area contributed by atoms with Gasteiger partial charge in [0, 0.05) is 29.0 Å². The van der Waals surface area contributed by atoms with Crippen molar-refractivity contribution in [1.29, 1.82) is 0 Å². The van der Waals surface area contributed by atoms with E-state index in [1.165, 1.54) is 4.90 Å². The highest BCUT2D eigenvalue weighted by Gasteiger charge is 2.28. The predicted octanol–water partition coefficient (Wildman–Crippen LogP) is 4.15. The Labute approximate surface area is 166 Å². The van der Waals surface area contributed by atoms with E-state index in [9.17, 15) is 14.7 Å². The topological polar surface area (TPSA) is 94.6 Å². The molecule has 2 heterocycles. The Bertz CT molecular complexity index is 871. The molecule has 7 nitrogen and oxygen atoms in total. The second kappa shape index (κ2) is 8.12. The molecular formula is C19H23BrN4O3. The van der Waals surface area contributed by atoms with Crippen molar-refractivity contribution in [2.75, 3.05) is 23.7 Å². The predicted molar refractivity (Wildman–Crippen MR) is 109 cm³/mol. The van der Waals surface area contributed by atoms with Crippen LogP contribution in [0.5, 0.6) is 0 Å². The number of anilines is 2. The number of fused-ring (bicyclic) bond motifs is 1. The number of pyridine rings is 1. The Morgan fingerprint density at radius 2 is 2.15 bits per heavy atom. The van der Waals surface area contributed by atoms with Crippen molar-refractivity contribution in [1.82, 2.24) is 9.88 Å². The Kier molecular flexibility index (Phi) is 5.84. The van der Waals surface area contributed by atoms with Crippen molar-refractivity contribution in [2.24, 2.45) is 5.92 Å². The average Bonchev–Trinajstić information content (AvgIpc) is 2.63. The number of amides is 2. The molecule has 8 heteroatoms. The van der Waals surface area contributed by atoms with Crippen molar-refractivity contribution in [3.8, 4) is 0 Å². The van der Waals surface area contributed by atoms with Crippen LogP contribution < -0.4 is 10.6 Å². The maximum absolute atomic E-state index is 12.8. The molecule has 1 fully saturated rings. The van der Waals surface area contributed by atoms with Gasteiger partial charge in [-0.05, 0) is 44.9 Å². The number of nitrogens with one attached hydrogen (secondary N) is 2. The van der Waals surface area contributed by atoms with Gasteiger partial charge in [0.1, 0.15) is 0 Å². The van der Waals surface area contributed by atoms with Crippen LogP contribution in [0.25, 0.3) is 10.9 Å². The zero-order chi connectivity index (χ0) is 19.6. The van der Waals surface area contributed by atoms with E-state index in [4.69, 9.17) is 0 Å². The minimum absolute atomic E-state index is 0.173. The van der Waals surface area contributed by atoms with Gasteiger partial charge in [0.2, 0.25) is 5.91 Å². The van der Waals surface area contributed by atoms with Crippen LogP contribution in [-0.2, 0) is 4.79 Å². The number of carbonyl (C=O) groups is 2. The number of nitrogens with zero attached hydrogens (tertiary/aromatic N) is 2. The zero-order valence-electron chi connectivity index (χ0n) is 15.3. The van der Waals surface area contributed by atoms with Gasteiger partial charge in [0.15, 0.2) is 0 Å². The number of piperidine rings is 1. The van der Waals surface area contributed by atoms with Gasteiger partial charge in [-0.3, -0.25) is 9.78 Å². The average molecular weight is 435 g/mol. The fourth-order valence-corrected chi connectivity index (χ4v) is 3.65. The Balaban J connectivity index is 1.88. The highest BCUT2D eigenvalue weighted by molar-refractivity contribution is 9.10. The van der Waals surface area contributed by atoms with E-state index in [0.29, 0.717) is 25.1 Å². The smallest absolute Gasteiger partial charge is 0.407 e. The number of benzene rings is 1. The molecule has 0 bridgehead atoms. The molecule has 1 aliphatic rings. The van der Waals surface area contributed by atoms with Crippen molar-refractivity contribution in [3.05, 3.63) is 28.9 Å². The Hall–Kier alpha value is -2.35. The quantitative estimate of drug-likeness (QED) is 0.671. The van der Waals surface area contributed by atoms with E-state index in [0.717, 1.165) is 21.1 Å². The third-order valence-corrected chi connectivity index (χ3v) is 5.08. The third-order valence-electron chi connectivity index (χ3n) is 4.58. The summed E-state index contributed by atoms with van der Waals surface area (Å²) in [5, 5.41) is 16.5. The summed E-state index contributed by atoms with van der Waals surface area (Å²) < 4.78 is 0.936. The molecule has 1 aromatic carbocycles. The molecule has 27 heavy (non-hydrogen) atoms. The second-order valence-corrected chi connectivity index (χ2v) is 7.98. The summed E-state index contributed by atoms with van der Waals surface area (Å²) in [6, 6.07) is 6.00. The lowest BCUT2D eigenvalue weighted by atomic mass is 9.97. The van der Waals surface area contributed by atoms with Crippen molar-refractivity contribution >= 4 is 50.2 Å². The molecule has 3 N–H and O–H groups in total. The summed E-state index contributed by atoms with van der Waals surface area (Å²) in [6.45, 7) is 4.76. The molecule has 0 saturated carbocycles. The second-order valence-electron chi connectivity index (χ2n) is 7.06. The molecule has 3 rings (SSSR count). The van der Waals surface area contributed by atoms with E-state index >= 15 is 0 Å². The lowest BCUT2D eigenvalue weighted by Crippen LogP contribution is -2.43. The van der Waals surface area contributed by atoms with E-state index in [-0.39, 0.29) is 24.4 Å². The van der Waals surface area contributed by atoms with Crippen LogP contribution in [0.1, 0.15) is 26.7 Å². The lowest BCUT2D eigenvalue weighted by Gasteiger charge is -2.30. The van der Waals surface area contributed by atoms with Gasteiger partial charge in [0.25, 0.3) is 0 Å². The fraction of sp³-hybridized carbons (Fsp3) is 0.421. The lowest BCUT2D eigenvalue weighted by molar-refractivity contribution is -0.121. The number of likely N-dealkylation sites (tertiary alicyclic amines) is 1. The van der Waals surface area contributed by atoms with E-state index < -0.39 is 6.09 Å². The minimum atomic E-state index is -0.979. The molecule has 0 radical (unpaired) electrons. The first-order valence-electron chi connectivity index (χ1n) is 8.98. The maximum atomic E-state index is 12.8. The fourth-order valence-electron chi connectivity index (χ4n) is 3.31. The van der Waals surface area contributed by atoms with Gasteiger partial charge in [-0.1, -0.05) is 15.9 Å². The van der Waals surface area contributed by atoms with Crippen LogP contribution in [0, 0.1) is 5.92 Å². The molecule has 1 aromatic heterocycles. The summed E-state index contributed by atoms with van der Waals surface area (Å²) in [5.74, 6) is -0.534. The molecule has 2 amide bonds. The number of hydrogen-bond donors (Lipinski definition) is 3. The van der Waals surface area contributed by atoms with Crippen molar-refractivity contribution in [2.45, 2.75) is 32.7 Å². The summed E-state index contributed by atoms with van der Waals surface area (Å²) in [6.07, 6.45) is 2.03. The number of rotatable bonds is 4. The van der Waals surface area contributed by atoms with Crippen LogP contribution in [0.2, 0.25) is 0 Å². The number of hydrogen-bond acceptors (Lipinski definition) is 4. The van der Waals surface area contributed by atoms with Crippen molar-refractivity contribution in [3.63, 3.8) is 0 Å². The Morgan fingerprint density at radius 3 is 2.85 bits per heavy atom. The normalized spacial score (nSPS) is 17.2. The molecule has 1 saturated heterocycles. The SMILES string of the molecule is CC(C)Nc1c(NC(=O)C2CCCN(C(=O)O)C2)cnc2cc(Br)ccc12. The largest absolute Gasteiger partial charge is 0.465 e. The first kappa shape index (κ1) is 19.4. The Morgan fingerprint density at radius 1 is 1.37 bits per heavy atom. The molecule has 1 atom stereocenters. The first-order valence-corrected chi connectivity index (χ1v) is 9.78. The number of aromatic nitrogens is 1. The number of carboxylic acid groups (broad SMARTS) is 1. The standard InChI is InChI=1S/C19H23BrN4O3/c1-11(2)22-17-14-6-5-13(20)8-15(14)21-9-16(17)23-18(25)12-4-3-7-24(10-12)19(26)27/h5-6,8-9,11-12H,3-4,7,10H2,1-2H3,(H,21,22)(H,23,25)(H,26,27). The van der Waals surface area contributed by atoms with Crippen molar-refractivity contribution < 1.29 is 14.7 Å². The van der Waals surface area contributed by atoms with Crippen LogP contribution in [0.15, 0.2) is 28.9 Å². The van der Waals surface area contributed by atoms with Gasteiger partial charge >= 0.3 is 6.09 Å². The van der Waals surface area contributed by atoms with Gasteiger partial charge in [-0.25, -0.2) is 4.79 Å². The van der Waals surface area contributed by atoms with E-state index in [2.05, 4.69) is 31.5 Å². The monoisotopic (exact) mass is 434 g/mol. The molecule has 144 valence electrons. The number of halogens is 1. The van der Waals surface area contributed by atoms with Gasteiger partial charge < -0.3 is 20.6 Å². The highest BCUT2D eigenvalue weighted by Crippen LogP contribution is 2.32.